The van der Waals surface area contributed by atoms with Gasteiger partial charge in [-0.05, 0) is 25.1 Å². The van der Waals surface area contributed by atoms with Gasteiger partial charge in [-0.3, -0.25) is 9.98 Å². The number of hydrogen-bond acceptors (Lipinski definition) is 3. The molecule has 1 rings (SSSR count). The summed E-state index contributed by atoms with van der Waals surface area (Å²) in [7, 11) is 0. The third-order valence-electron chi connectivity index (χ3n) is 2.29. The highest BCUT2D eigenvalue weighted by atomic mass is 14.8. The van der Waals surface area contributed by atoms with Crippen LogP contribution in [0.1, 0.15) is 18.3 Å². The molecule has 0 N–H and O–H groups in total. The Bertz CT molecular complexity index is 563. The van der Waals surface area contributed by atoms with Crippen molar-refractivity contribution in [3.63, 3.8) is 0 Å². The molecule has 0 radical (unpaired) electrons. The maximum Gasteiger partial charge on any atom is 0.0894 e. The van der Waals surface area contributed by atoms with Gasteiger partial charge in [-0.1, -0.05) is 38.0 Å². The first-order valence-corrected chi connectivity index (χ1v) is 5.87. The summed E-state index contributed by atoms with van der Waals surface area (Å²) in [4.78, 5) is 12.9. The van der Waals surface area contributed by atoms with Gasteiger partial charge in [0.25, 0.3) is 0 Å². The van der Waals surface area contributed by atoms with Gasteiger partial charge in [-0.2, -0.15) is 0 Å². The van der Waals surface area contributed by atoms with Crippen molar-refractivity contribution in [3.05, 3.63) is 73.8 Å². The first-order chi connectivity index (χ1) is 9.26. The molecule has 0 aromatic carbocycles. The molecule has 0 aliphatic heterocycles. The highest BCUT2D eigenvalue weighted by molar-refractivity contribution is 6.07. The number of aliphatic imine (C=N–C) groups is 2. The van der Waals surface area contributed by atoms with Crippen LogP contribution in [0, 0.1) is 0 Å². The number of allylic oxidation sites excluding steroid dienone is 3. The Kier molecular flexibility index (Phi) is 5.89. The van der Waals surface area contributed by atoms with E-state index in [9.17, 15) is 0 Å². The van der Waals surface area contributed by atoms with Gasteiger partial charge in [-0.15, -0.1) is 0 Å². The smallest absolute Gasteiger partial charge is 0.0894 e. The van der Waals surface area contributed by atoms with Crippen molar-refractivity contribution in [1.29, 1.82) is 0 Å². The van der Waals surface area contributed by atoms with Crippen LogP contribution < -0.4 is 0 Å². The lowest BCUT2D eigenvalue weighted by molar-refractivity contribution is 1.23. The first-order valence-electron chi connectivity index (χ1n) is 5.87. The summed E-state index contributed by atoms with van der Waals surface area (Å²) in [5.41, 5.74) is 2.97. The molecular formula is C16H17N3. The first kappa shape index (κ1) is 14.5. The molecule has 0 saturated carbocycles. The van der Waals surface area contributed by atoms with Crippen LogP contribution in [0.2, 0.25) is 0 Å². The van der Waals surface area contributed by atoms with Gasteiger partial charge in [0.05, 0.1) is 22.8 Å². The van der Waals surface area contributed by atoms with E-state index in [-0.39, 0.29) is 0 Å². The molecule has 0 amide bonds. The van der Waals surface area contributed by atoms with Crippen LogP contribution in [0.4, 0.5) is 0 Å². The zero-order chi connectivity index (χ0) is 14.1. The van der Waals surface area contributed by atoms with E-state index in [1.807, 2.05) is 31.2 Å². The minimum absolute atomic E-state index is 0.681. The predicted octanol–water partition coefficient (Wildman–Crippen LogP) is 3.82. The zero-order valence-electron chi connectivity index (χ0n) is 11.1. The second-order valence-corrected chi connectivity index (χ2v) is 3.50. The van der Waals surface area contributed by atoms with Crippen LogP contribution in [0.5, 0.6) is 0 Å². The van der Waals surface area contributed by atoms with E-state index < -0.39 is 0 Å². The molecule has 0 bridgehead atoms. The lowest BCUT2D eigenvalue weighted by Crippen LogP contribution is -2.01. The molecule has 0 atom stereocenters. The monoisotopic (exact) mass is 251 g/mol. The topological polar surface area (TPSA) is 37.6 Å². The van der Waals surface area contributed by atoms with Crippen molar-refractivity contribution < 1.29 is 0 Å². The average Bonchev–Trinajstić information content (AvgIpc) is 2.46. The summed E-state index contributed by atoms with van der Waals surface area (Å²) in [5, 5.41) is 0. The summed E-state index contributed by atoms with van der Waals surface area (Å²) in [6, 6.07) is 5.68. The van der Waals surface area contributed by atoms with Crippen molar-refractivity contribution in [2.45, 2.75) is 6.92 Å². The quantitative estimate of drug-likeness (QED) is 0.708. The van der Waals surface area contributed by atoms with Crippen molar-refractivity contribution >= 4 is 17.6 Å². The van der Waals surface area contributed by atoms with Gasteiger partial charge in [0.15, 0.2) is 0 Å². The van der Waals surface area contributed by atoms with E-state index in [1.54, 1.807) is 18.4 Å². The summed E-state index contributed by atoms with van der Waals surface area (Å²) in [6.45, 7) is 12.8. The molecular weight excluding hydrogens is 234 g/mol. The van der Waals surface area contributed by atoms with Gasteiger partial charge in [-0.25, -0.2) is 4.98 Å². The molecule has 0 aliphatic rings. The molecule has 96 valence electrons. The zero-order valence-corrected chi connectivity index (χ0v) is 11.1. The van der Waals surface area contributed by atoms with Crippen molar-refractivity contribution in [3.8, 4) is 0 Å². The Morgan fingerprint density at radius 3 is 2.53 bits per heavy atom. The Hall–Kier alpha value is -2.55. The second kappa shape index (κ2) is 7.71. The van der Waals surface area contributed by atoms with Gasteiger partial charge in [0.2, 0.25) is 0 Å². The summed E-state index contributed by atoms with van der Waals surface area (Å²) >= 11 is 0. The fourth-order valence-corrected chi connectivity index (χ4v) is 1.46. The molecule has 0 spiro atoms. The molecule has 1 aromatic rings. The van der Waals surface area contributed by atoms with Crippen molar-refractivity contribution in [2.75, 3.05) is 0 Å². The third kappa shape index (κ3) is 4.00. The highest BCUT2D eigenvalue weighted by Crippen LogP contribution is 2.14. The minimum Gasteiger partial charge on any atom is -0.255 e. The fourth-order valence-electron chi connectivity index (χ4n) is 1.46. The molecule has 3 heteroatoms. The highest BCUT2D eigenvalue weighted by Gasteiger charge is 2.04. The maximum atomic E-state index is 4.52. The van der Waals surface area contributed by atoms with Crippen molar-refractivity contribution in [2.24, 2.45) is 9.98 Å². The Balaban J connectivity index is 3.22. The summed E-state index contributed by atoms with van der Waals surface area (Å²) < 4.78 is 0. The molecule has 0 fully saturated rings. The number of aromatic nitrogens is 1. The number of rotatable bonds is 6. The third-order valence-corrected chi connectivity index (χ3v) is 2.29. The van der Waals surface area contributed by atoms with Gasteiger partial charge in [0, 0.05) is 12.4 Å². The van der Waals surface area contributed by atoms with Gasteiger partial charge in [0.1, 0.15) is 0 Å². The Morgan fingerprint density at radius 2 is 1.95 bits per heavy atom. The molecule has 1 aromatic heterocycles. The van der Waals surface area contributed by atoms with Crippen LogP contribution in [-0.2, 0) is 0 Å². The van der Waals surface area contributed by atoms with Crippen LogP contribution in [0.25, 0.3) is 5.70 Å². The lowest BCUT2D eigenvalue weighted by atomic mass is 10.2. The van der Waals surface area contributed by atoms with E-state index in [2.05, 4.69) is 34.7 Å². The lowest BCUT2D eigenvalue weighted by Gasteiger charge is -2.04. The van der Waals surface area contributed by atoms with E-state index in [0.29, 0.717) is 5.71 Å². The van der Waals surface area contributed by atoms with E-state index in [1.165, 1.54) is 6.20 Å². The molecule has 0 saturated heterocycles. The Morgan fingerprint density at radius 1 is 1.21 bits per heavy atom. The molecule has 0 unspecified atom stereocenters. The molecule has 19 heavy (non-hydrogen) atoms. The normalized spacial score (nSPS) is 12.5. The van der Waals surface area contributed by atoms with Crippen LogP contribution in [-0.4, -0.2) is 16.9 Å². The van der Waals surface area contributed by atoms with Crippen molar-refractivity contribution in [1.82, 2.24) is 4.98 Å². The van der Waals surface area contributed by atoms with E-state index >= 15 is 0 Å². The van der Waals surface area contributed by atoms with E-state index in [0.717, 1.165) is 17.1 Å². The maximum absolute atomic E-state index is 4.52. The summed E-state index contributed by atoms with van der Waals surface area (Å²) in [5.74, 6) is 0. The van der Waals surface area contributed by atoms with Gasteiger partial charge < -0.3 is 0 Å². The molecule has 3 nitrogen and oxygen atoms in total. The van der Waals surface area contributed by atoms with E-state index in [4.69, 9.17) is 0 Å². The van der Waals surface area contributed by atoms with Crippen LogP contribution in [0.3, 0.4) is 0 Å². The SMILES string of the molecule is C=CC=N/C(=C\C)c1cccc(C(C=C)=NC=C)n1. The Labute approximate surface area is 114 Å². The predicted molar refractivity (Wildman–Crippen MR) is 83.5 cm³/mol. The minimum atomic E-state index is 0.681. The van der Waals surface area contributed by atoms with Crippen LogP contribution >= 0.6 is 0 Å². The van der Waals surface area contributed by atoms with Gasteiger partial charge >= 0.3 is 0 Å². The number of nitrogens with zero attached hydrogens (tertiary/aromatic N) is 3. The standard InChI is InChI=1S/C16H17N3/c1-5-12-18-14(7-3)16-11-9-10-15(19-16)13(6-2)17-8-4/h5-12H,1-2,4H2,3H3/b14-7-,17-13?,18-12?. The molecule has 1 heterocycles. The molecule has 0 aliphatic carbocycles. The average molecular weight is 251 g/mol. The second-order valence-electron chi connectivity index (χ2n) is 3.50. The summed E-state index contributed by atoms with van der Waals surface area (Å²) in [6.07, 6.45) is 8.27. The number of hydrogen-bond donors (Lipinski definition) is 0. The van der Waals surface area contributed by atoms with Crippen LogP contribution in [0.15, 0.2) is 72.3 Å². The number of pyridine rings is 1. The fraction of sp³-hybridized carbons (Fsp3) is 0.0625. The largest absolute Gasteiger partial charge is 0.255 e.